The minimum absolute atomic E-state index is 0.0409. The summed E-state index contributed by atoms with van der Waals surface area (Å²) in [5, 5.41) is 7.62. The molecular weight excluding hydrogens is 368 g/mol. The van der Waals surface area contributed by atoms with Crippen LogP contribution in [-0.2, 0) is 0 Å². The third-order valence-electron chi connectivity index (χ3n) is 4.45. The summed E-state index contributed by atoms with van der Waals surface area (Å²) in [5.74, 6) is 0.683. The zero-order valence-corrected chi connectivity index (χ0v) is 14.0. The van der Waals surface area contributed by atoms with E-state index in [0.717, 1.165) is 26.9 Å². The van der Waals surface area contributed by atoms with Gasteiger partial charge in [0, 0.05) is 15.6 Å². The van der Waals surface area contributed by atoms with E-state index in [1.807, 2.05) is 48.5 Å². The van der Waals surface area contributed by atoms with Gasteiger partial charge in [0.25, 0.3) is 0 Å². The summed E-state index contributed by atoms with van der Waals surface area (Å²) >= 11 is 3.51. The molecule has 24 heavy (non-hydrogen) atoms. The molecule has 5 nitrogen and oxygen atoms in total. The van der Waals surface area contributed by atoms with Crippen LogP contribution in [0.1, 0.15) is 27.5 Å². The van der Waals surface area contributed by atoms with Crippen molar-refractivity contribution in [3.63, 3.8) is 0 Å². The highest BCUT2D eigenvalue weighted by Gasteiger charge is 2.40. The van der Waals surface area contributed by atoms with Crippen LogP contribution in [0.25, 0.3) is 5.70 Å². The number of carbonyl (C=O) groups excluding carboxylic acids is 1. The number of allylic oxidation sites excluding steroid dienone is 1. The van der Waals surface area contributed by atoms with Crippen LogP contribution in [0.5, 0.6) is 0 Å². The molecule has 2 aromatic carbocycles. The lowest BCUT2D eigenvalue weighted by molar-refractivity contribution is 0.102. The van der Waals surface area contributed by atoms with Gasteiger partial charge in [-0.15, -0.1) is 0 Å². The number of rotatable bonds is 1. The van der Waals surface area contributed by atoms with Crippen LogP contribution in [0.15, 0.2) is 64.9 Å². The van der Waals surface area contributed by atoms with Crippen LogP contribution >= 0.6 is 15.9 Å². The van der Waals surface area contributed by atoms with Gasteiger partial charge in [0.15, 0.2) is 5.78 Å². The van der Waals surface area contributed by atoms with Crippen molar-refractivity contribution in [3.8, 4) is 0 Å². The molecule has 2 heterocycles. The van der Waals surface area contributed by atoms with Crippen LogP contribution < -0.4 is 5.32 Å². The highest BCUT2D eigenvalue weighted by molar-refractivity contribution is 9.10. The van der Waals surface area contributed by atoms with E-state index in [-0.39, 0.29) is 11.8 Å². The average Bonchev–Trinajstić information content (AvgIpc) is 3.17. The molecule has 0 saturated carbocycles. The molecule has 116 valence electrons. The van der Waals surface area contributed by atoms with E-state index in [4.69, 9.17) is 0 Å². The number of aromatic nitrogens is 3. The Kier molecular flexibility index (Phi) is 2.78. The Morgan fingerprint density at radius 1 is 1.08 bits per heavy atom. The van der Waals surface area contributed by atoms with E-state index in [1.54, 1.807) is 4.68 Å². The number of carbonyl (C=O) groups is 1. The molecule has 0 fully saturated rings. The maximum Gasteiger partial charge on any atom is 0.226 e. The summed E-state index contributed by atoms with van der Waals surface area (Å²) in [5.41, 5.74) is 4.19. The molecule has 6 heteroatoms. The molecule has 3 aromatic rings. The van der Waals surface area contributed by atoms with Crippen molar-refractivity contribution in [2.45, 2.75) is 6.04 Å². The molecule has 1 atom stereocenters. The van der Waals surface area contributed by atoms with Gasteiger partial charge in [0.2, 0.25) is 5.95 Å². The summed E-state index contributed by atoms with van der Waals surface area (Å²) in [7, 11) is 0. The van der Waals surface area contributed by atoms with E-state index in [1.165, 1.54) is 6.33 Å². The molecule has 2 aliphatic rings. The summed E-state index contributed by atoms with van der Waals surface area (Å²) < 4.78 is 2.73. The number of ketones is 1. The third-order valence-corrected chi connectivity index (χ3v) is 4.94. The van der Waals surface area contributed by atoms with Crippen molar-refractivity contribution in [3.05, 3.63) is 81.6 Å². The molecule has 0 saturated heterocycles. The Morgan fingerprint density at radius 2 is 1.92 bits per heavy atom. The van der Waals surface area contributed by atoms with Crippen LogP contribution in [0, 0.1) is 0 Å². The number of Topliss-reactive ketones (excluding diaryl/α,β-unsaturated/α-hetero) is 1. The van der Waals surface area contributed by atoms with Crippen molar-refractivity contribution < 1.29 is 4.79 Å². The Hall–Kier alpha value is -2.73. The number of hydrogen-bond donors (Lipinski definition) is 1. The quantitative estimate of drug-likeness (QED) is 0.701. The Labute approximate surface area is 146 Å². The van der Waals surface area contributed by atoms with Gasteiger partial charge in [-0.25, -0.2) is 4.68 Å². The predicted molar refractivity (Wildman–Crippen MR) is 93.6 cm³/mol. The van der Waals surface area contributed by atoms with E-state index < -0.39 is 0 Å². The fourth-order valence-corrected chi connectivity index (χ4v) is 3.86. The van der Waals surface area contributed by atoms with Gasteiger partial charge in [-0.1, -0.05) is 52.3 Å². The summed E-state index contributed by atoms with van der Waals surface area (Å²) in [4.78, 5) is 17.4. The van der Waals surface area contributed by atoms with Gasteiger partial charge < -0.3 is 5.32 Å². The zero-order chi connectivity index (χ0) is 16.3. The van der Waals surface area contributed by atoms with Gasteiger partial charge in [-0.3, -0.25) is 4.79 Å². The molecule has 1 aromatic heterocycles. The molecule has 0 amide bonds. The molecule has 0 bridgehead atoms. The lowest BCUT2D eigenvalue weighted by Gasteiger charge is -2.26. The second-order valence-electron chi connectivity index (χ2n) is 5.77. The first-order valence-electron chi connectivity index (χ1n) is 7.54. The first-order valence-corrected chi connectivity index (χ1v) is 8.33. The fraction of sp³-hybridized carbons (Fsp3) is 0.0556. The first-order chi connectivity index (χ1) is 11.7. The number of benzene rings is 2. The van der Waals surface area contributed by atoms with Crippen molar-refractivity contribution in [1.82, 2.24) is 14.8 Å². The molecule has 0 radical (unpaired) electrons. The fourth-order valence-electron chi connectivity index (χ4n) is 3.45. The highest BCUT2D eigenvalue weighted by Crippen LogP contribution is 2.44. The maximum absolute atomic E-state index is 13.1. The minimum atomic E-state index is -0.295. The molecule has 1 aliphatic carbocycles. The minimum Gasteiger partial charge on any atom is -0.323 e. The van der Waals surface area contributed by atoms with E-state index in [0.29, 0.717) is 11.5 Å². The third kappa shape index (κ3) is 1.77. The second-order valence-corrected chi connectivity index (χ2v) is 6.69. The van der Waals surface area contributed by atoms with Crippen LogP contribution in [0.2, 0.25) is 0 Å². The highest BCUT2D eigenvalue weighted by atomic mass is 79.9. The van der Waals surface area contributed by atoms with Crippen molar-refractivity contribution >= 4 is 33.4 Å². The number of nitrogens with zero attached hydrogens (tertiary/aromatic N) is 3. The Balaban J connectivity index is 1.78. The van der Waals surface area contributed by atoms with Crippen molar-refractivity contribution in [2.24, 2.45) is 0 Å². The molecule has 0 unspecified atom stereocenters. The molecule has 1 N–H and O–H groups in total. The summed E-state index contributed by atoms with van der Waals surface area (Å²) in [6.45, 7) is 0. The van der Waals surface area contributed by atoms with Crippen LogP contribution in [-0.4, -0.2) is 20.5 Å². The van der Waals surface area contributed by atoms with Gasteiger partial charge in [0.05, 0.1) is 11.3 Å². The number of halogens is 1. The summed E-state index contributed by atoms with van der Waals surface area (Å²) in [6, 6.07) is 15.3. The van der Waals surface area contributed by atoms with Crippen LogP contribution in [0.4, 0.5) is 5.95 Å². The SMILES string of the molecule is O=C1C2=C(Nc3ncnn3[C@@H]2c2cccc(Br)c2)c2ccccc21. The van der Waals surface area contributed by atoms with E-state index >= 15 is 0 Å². The standard InChI is InChI=1S/C18H11BrN4O/c19-11-5-3-4-10(8-11)16-14-15(22-18-20-9-21-23(16)18)12-6-1-2-7-13(12)17(14)24/h1-9,16H,(H,20,21,22)/t16-/m1/s1. The van der Waals surface area contributed by atoms with Crippen molar-refractivity contribution in [1.29, 1.82) is 0 Å². The number of fused-ring (bicyclic) bond motifs is 3. The topological polar surface area (TPSA) is 59.8 Å². The van der Waals surface area contributed by atoms with Crippen molar-refractivity contribution in [2.75, 3.05) is 5.32 Å². The zero-order valence-electron chi connectivity index (χ0n) is 12.4. The molecular formula is C18H11BrN4O. The van der Waals surface area contributed by atoms with Gasteiger partial charge in [-0.05, 0) is 17.7 Å². The Bertz CT molecular complexity index is 1040. The van der Waals surface area contributed by atoms with Gasteiger partial charge in [-0.2, -0.15) is 10.1 Å². The molecule has 1 aliphatic heterocycles. The Morgan fingerprint density at radius 3 is 2.75 bits per heavy atom. The predicted octanol–water partition coefficient (Wildman–Crippen LogP) is 3.66. The molecule has 5 rings (SSSR count). The van der Waals surface area contributed by atoms with Crippen LogP contribution in [0.3, 0.4) is 0 Å². The number of anilines is 1. The van der Waals surface area contributed by atoms with E-state index in [9.17, 15) is 4.79 Å². The lowest BCUT2D eigenvalue weighted by atomic mass is 9.94. The monoisotopic (exact) mass is 378 g/mol. The largest absolute Gasteiger partial charge is 0.323 e. The average molecular weight is 379 g/mol. The number of nitrogens with one attached hydrogen (secondary N) is 1. The molecule has 0 spiro atoms. The normalized spacial score (nSPS) is 18.0. The van der Waals surface area contributed by atoms with Gasteiger partial charge >= 0.3 is 0 Å². The summed E-state index contributed by atoms with van der Waals surface area (Å²) in [6.07, 6.45) is 1.51. The smallest absolute Gasteiger partial charge is 0.226 e. The van der Waals surface area contributed by atoms with E-state index in [2.05, 4.69) is 31.3 Å². The lowest BCUT2D eigenvalue weighted by Crippen LogP contribution is -2.25. The number of hydrogen-bond acceptors (Lipinski definition) is 4. The second kappa shape index (κ2) is 4.88. The maximum atomic E-state index is 13.1. The first kappa shape index (κ1) is 13.7. The van der Waals surface area contributed by atoms with Gasteiger partial charge in [0.1, 0.15) is 12.4 Å².